The lowest BCUT2D eigenvalue weighted by atomic mass is 10.0. The van der Waals surface area contributed by atoms with Crippen LogP contribution >= 0.6 is 0 Å². The molecule has 0 bridgehead atoms. The van der Waals surface area contributed by atoms with Crippen molar-refractivity contribution in [2.45, 2.75) is 27.2 Å². The molecule has 0 atom stereocenters. The predicted octanol–water partition coefficient (Wildman–Crippen LogP) is 3.35. The molecule has 0 saturated heterocycles. The summed E-state index contributed by atoms with van der Waals surface area (Å²) >= 11 is 0. The number of rotatable bonds is 3. The number of H-pyrrole nitrogens is 1. The third-order valence-corrected chi connectivity index (χ3v) is 3.21. The maximum Gasteiger partial charge on any atom is 0.198 e. The monoisotopic (exact) mass is 257 g/mol. The molecular formula is C16H19NO2. The van der Waals surface area contributed by atoms with E-state index < -0.39 is 0 Å². The fourth-order valence-corrected chi connectivity index (χ4v) is 2.19. The number of methoxy groups -OCH3 is 1. The standard InChI is InChI=1S/C16H19NO2/c1-10(2)8-9-12-15(18)14-11(3)6-5-7-13(14)17-16(12)19-4/h5-8H,9H2,1-4H3,(H,17,18). The molecule has 2 rings (SSSR count). The van der Waals surface area contributed by atoms with Crippen molar-refractivity contribution in [3.8, 4) is 5.88 Å². The molecule has 0 unspecified atom stereocenters. The van der Waals surface area contributed by atoms with Gasteiger partial charge in [-0.25, -0.2) is 0 Å². The molecule has 1 aromatic heterocycles. The summed E-state index contributed by atoms with van der Waals surface area (Å²) in [5.74, 6) is 0.556. The van der Waals surface area contributed by atoms with Gasteiger partial charge in [0.15, 0.2) is 11.3 Å². The summed E-state index contributed by atoms with van der Waals surface area (Å²) in [6.07, 6.45) is 2.63. The number of ether oxygens (including phenoxy) is 1. The van der Waals surface area contributed by atoms with Crippen LogP contribution in [0.4, 0.5) is 0 Å². The van der Waals surface area contributed by atoms with Crippen molar-refractivity contribution in [2.24, 2.45) is 0 Å². The van der Waals surface area contributed by atoms with E-state index in [1.165, 1.54) is 5.57 Å². The molecule has 1 N–H and O–H groups in total. The lowest BCUT2D eigenvalue weighted by Crippen LogP contribution is -2.13. The van der Waals surface area contributed by atoms with E-state index in [2.05, 4.69) is 4.98 Å². The summed E-state index contributed by atoms with van der Waals surface area (Å²) in [5.41, 5.74) is 3.74. The summed E-state index contributed by atoms with van der Waals surface area (Å²) in [7, 11) is 1.58. The highest BCUT2D eigenvalue weighted by molar-refractivity contribution is 5.83. The Balaban J connectivity index is 2.74. The van der Waals surface area contributed by atoms with E-state index in [0.29, 0.717) is 17.9 Å². The molecule has 3 heteroatoms. The van der Waals surface area contributed by atoms with Crippen LogP contribution in [0.3, 0.4) is 0 Å². The Kier molecular flexibility index (Phi) is 3.74. The average Bonchev–Trinajstić information content (AvgIpc) is 2.36. The molecule has 0 aliphatic rings. The molecule has 0 aliphatic heterocycles. The highest BCUT2D eigenvalue weighted by atomic mass is 16.5. The number of aryl methyl sites for hydroxylation is 1. The summed E-state index contributed by atoms with van der Waals surface area (Å²) in [4.78, 5) is 15.8. The van der Waals surface area contributed by atoms with Gasteiger partial charge >= 0.3 is 0 Å². The van der Waals surface area contributed by atoms with Crippen molar-refractivity contribution in [1.82, 2.24) is 4.98 Å². The smallest absolute Gasteiger partial charge is 0.198 e. The maximum atomic E-state index is 12.6. The molecule has 3 nitrogen and oxygen atoms in total. The molecule has 0 amide bonds. The van der Waals surface area contributed by atoms with Gasteiger partial charge < -0.3 is 9.72 Å². The van der Waals surface area contributed by atoms with Gasteiger partial charge in [0.25, 0.3) is 0 Å². The highest BCUT2D eigenvalue weighted by Gasteiger charge is 2.12. The third kappa shape index (κ3) is 2.55. The number of aromatic nitrogens is 1. The second-order valence-electron chi connectivity index (χ2n) is 4.95. The van der Waals surface area contributed by atoms with Gasteiger partial charge in [0.1, 0.15) is 0 Å². The van der Waals surface area contributed by atoms with Crippen molar-refractivity contribution in [3.63, 3.8) is 0 Å². The Hall–Kier alpha value is -2.03. The number of hydrogen-bond donors (Lipinski definition) is 1. The quantitative estimate of drug-likeness (QED) is 0.857. The van der Waals surface area contributed by atoms with Gasteiger partial charge in [-0.15, -0.1) is 0 Å². The molecule has 2 aromatic rings. The Bertz CT molecular complexity index is 692. The number of nitrogens with one attached hydrogen (secondary N) is 1. The minimum Gasteiger partial charge on any atom is -0.482 e. The Morgan fingerprint density at radius 3 is 2.74 bits per heavy atom. The minimum atomic E-state index is 0.0567. The Labute approximate surface area is 112 Å². The first-order valence-corrected chi connectivity index (χ1v) is 6.36. The summed E-state index contributed by atoms with van der Waals surface area (Å²) in [5, 5.41) is 0.750. The van der Waals surface area contributed by atoms with Crippen LogP contribution in [0.1, 0.15) is 25.0 Å². The van der Waals surface area contributed by atoms with Crippen LogP contribution in [-0.2, 0) is 6.42 Å². The largest absolute Gasteiger partial charge is 0.482 e. The number of benzene rings is 1. The van der Waals surface area contributed by atoms with Gasteiger partial charge in [0, 0.05) is 5.39 Å². The van der Waals surface area contributed by atoms with Gasteiger partial charge in [0.2, 0.25) is 0 Å². The van der Waals surface area contributed by atoms with Crippen molar-refractivity contribution in [1.29, 1.82) is 0 Å². The summed E-state index contributed by atoms with van der Waals surface area (Å²) < 4.78 is 5.32. The first-order chi connectivity index (χ1) is 9.04. The normalized spacial score (nSPS) is 10.5. The van der Waals surface area contributed by atoms with E-state index in [0.717, 1.165) is 16.5 Å². The fourth-order valence-electron chi connectivity index (χ4n) is 2.19. The fraction of sp³-hybridized carbons (Fsp3) is 0.312. The Morgan fingerprint density at radius 1 is 1.37 bits per heavy atom. The minimum absolute atomic E-state index is 0.0567. The molecule has 0 radical (unpaired) electrons. The maximum absolute atomic E-state index is 12.6. The molecule has 0 spiro atoms. The van der Waals surface area contributed by atoms with Gasteiger partial charge in [-0.05, 0) is 38.8 Å². The lowest BCUT2D eigenvalue weighted by molar-refractivity contribution is 0.395. The van der Waals surface area contributed by atoms with Gasteiger partial charge in [-0.3, -0.25) is 4.79 Å². The van der Waals surface area contributed by atoms with E-state index in [9.17, 15) is 4.79 Å². The number of allylic oxidation sites excluding steroid dienone is 2. The summed E-state index contributed by atoms with van der Waals surface area (Å²) in [6.45, 7) is 5.99. The third-order valence-electron chi connectivity index (χ3n) is 3.21. The zero-order valence-corrected chi connectivity index (χ0v) is 11.8. The molecule has 100 valence electrons. The molecule has 19 heavy (non-hydrogen) atoms. The van der Waals surface area contributed by atoms with E-state index in [4.69, 9.17) is 4.74 Å². The van der Waals surface area contributed by atoms with Crippen LogP contribution in [0.15, 0.2) is 34.6 Å². The topological polar surface area (TPSA) is 42.1 Å². The molecule has 1 heterocycles. The van der Waals surface area contributed by atoms with Gasteiger partial charge in [0.05, 0.1) is 18.2 Å². The number of fused-ring (bicyclic) bond motifs is 1. The molecule has 0 fully saturated rings. The van der Waals surface area contributed by atoms with Gasteiger partial charge in [-0.1, -0.05) is 23.8 Å². The van der Waals surface area contributed by atoms with E-state index in [-0.39, 0.29) is 5.43 Å². The molecule has 0 aliphatic carbocycles. The predicted molar refractivity (Wildman–Crippen MR) is 79.0 cm³/mol. The SMILES string of the molecule is COc1[nH]c2cccc(C)c2c(=O)c1CC=C(C)C. The van der Waals surface area contributed by atoms with Gasteiger partial charge in [-0.2, -0.15) is 0 Å². The van der Waals surface area contributed by atoms with Crippen LogP contribution in [-0.4, -0.2) is 12.1 Å². The van der Waals surface area contributed by atoms with Crippen LogP contribution < -0.4 is 10.2 Å². The van der Waals surface area contributed by atoms with Crippen LogP contribution in [0.5, 0.6) is 5.88 Å². The lowest BCUT2D eigenvalue weighted by Gasteiger charge is -2.10. The second-order valence-corrected chi connectivity index (χ2v) is 4.95. The second kappa shape index (κ2) is 5.31. The van der Waals surface area contributed by atoms with Crippen molar-refractivity contribution in [2.75, 3.05) is 7.11 Å². The highest BCUT2D eigenvalue weighted by Crippen LogP contribution is 2.20. The van der Waals surface area contributed by atoms with Crippen LogP contribution in [0.25, 0.3) is 10.9 Å². The van der Waals surface area contributed by atoms with Crippen molar-refractivity contribution < 1.29 is 4.74 Å². The number of pyridine rings is 1. The van der Waals surface area contributed by atoms with E-state index >= 15 is 0 Å². The first-order valence-electron chi connectivity index (χ1n) is 6.36. The zero-order chi connectivity index (χ0) is 14.0. The summed E-state index contributed by atoms with van der Waals surface area (Å²) in [6, 6.07) is 5.79. The molecular weight excluding hydrogens is 238 g/mol. The first kappa shape index (κ1) is 13.4. The molecule has 1 aromatic carbocycles. The van der Waals surface area contributed by atoms with Crippen molar-refractivity contribution in [3.05, 3.63) is 51.2 Å². The number of hydrogen-bond acceptors (Lipinski definition) is 2. The van der Waals surface area contributed by atoms with E-state index in [1.54, 1.807) is 7.11 Å². The van der Waals surface area contributed by atoms with Crippen molar-refractivity contribution >= 4 is 10.9 Å². The molecule has 0 saturated carbocycles. The number of aromatic amines is 1. The Morgan fingerprint density at radius 2 is 2.11 bits per heavy atom. The van der Waals surface area contributed by atoms with Crippen LogP contribution in [0.2, 0.25) is 0 Å². The zero-order valence-electron chi connectivity index (χ0n) is 11.8. The average molecular weight is 257 g/mol. The van der Waals surface area contributed by atoms with Crippen LogP contribution in [0, 0.1) is 6.92 Å². The van der Waals surface area contributed by atoms with E-state index in [1.807, 2.05) is 45.0 Å².